The Morgan fingerprint density at radius 2 is 1.85 bits per heavy atom. The number of hydrogen-bond acceptors (Lipinski definition) is 8. The third-order valence-corrected chi connectivity index (χ3v) is 6.46. The molecule has 0 amide bonds. The van der Waals surface area contributed by atoms with Gasteiger partial charge in [-0.2, -0.15) is 5.10 Å². The van der Waals surface area contributed by atoms with Crippen molar-refractivity contribution >= 4 is 17.7 Å². The molecule has 1 aliphatic rings. The van der Waals surface area contributed by atoms with Crippen LogP contribution in [0, 0.1) is 20.8 Å². The summed E-state index contributed by atoms with van der Waals surface area (Å²) < 4.78 is 5.09. The molecule has 1 fully saturated rings. The van der Waals surface area contributed by atoms with Gasteiger partial charge in [-0.05, 0) is 51.3 Å². The average molecular weight is 461 g/mol. The molecular formula is C26H32N6O2. The smallest absolute Gasteiger partial charge is 0.341 e. The lowest BCUT2D eigenvalue weighted by atomic mass is 10.0. The molecule has 0 spiro atoms. The Hall–Kier alpha value is -3.55. The van der Waals surface area contributed by atoms with Gasteiger partial charge >= 0.3 is 5.97 Å². The van der Waals surface area contributed by atoms with Gasteiger partial charge < -0.3 is 14.5 Å². The van der Waals surface area contributed by atoms with Gasteiger partial charge in [0.15, 0.2) is 5.82 Å². The van der Waals surface area contributed by atoms with Crippen LogP contribution in [-0.2, 0) is 11.2 Å². The third-order valence-electron chi connectivity index (χ3n) is 6.46. The number of piperazine rings is 1. The first-order valence-electron chi connectivity index (χ1n) is 11.8. The minimum absolute atomic E-state index is 0.173. The summed E-state index contributed by atoms with van der Waals surface area (Å²) in [6.45, 7) is 12.7. The average Bonchev–Trinajstić information content (AvgIpc) is 2.83. The fraction of sp³-hybridized carbons (Fsp3) is 0.423. The molecule has 8 nitrogen and oxygen atoms in total. The van der Waals surface area contributed by atoms with Gasteiger partial charge in [0.05, 0.1) is 23.6 Å². The molecule has 1 saturated heterocycles. The van der Waals surface area contributed by atoms with Crippen LogP contribution >= 0.6 is 0 Å². The van der Waals surface area contributed by atoms with Crippen LogP contribution in [0.4, 0.5) is 11.8 Å². The predicted molar refractivity (Wildman–Crippen MR) is 133 cm³/mol. The molecule has 0 unspecified atom stereocenters. The van der Waals surface area contributed by atoms with E-state index in [1.54, 1.807) is 13.1 Å². The fourth-order valence-corrected chi connectivity index (χ4v) is 4.35. The predicted octanol–water partition coefficient (Wildman–Crippen LogP) is 3.67. The maximum atomic E-state index is 12.1. The molecule has 8 heteroatoms. The lowest BCUT2D eigenvalue weighted by Crippen LogP contribution is -2.53. The van der Waals surface area contributed by atoms with Crippen molar-refractivity contribution < 1.29 is 9.53 Å². The van der Waals surface area contributed by atoms with Crippen molar-refractivity contribution in [1.29, 1.82) is 0 Å². The number of anilines is 2. The maximum Gasteiger partial charge on any atom is 0.341 e. The first kappa shape index (κ1) is 23.6. The summed E-state index contributed by atoms with van der Waals surface area (Å²) in [5.74, 6) is 1.19. The maximum absolute atomic E-state index is 12.1. The highest BCUT2D eigenvalue weighted by molar-refractivity contribution is 5.90. The molecule has 3 heterocycles. The molecular weight excluding hydrogens is 428 g/mol. The van der Waals surface area contributed by atoms with Gasteiger partial charge in [-0.25, -0.2) is 14.8 Å². The topological polar surface area (TPSA) is 84.3 Å². The van der Waals surface area contributed by atoms with E-state index in [1.807, 2.05) is 13.0 Å². The normalized spacial score (nSPS) is 16.0. The zero-order valence-corrected chi connectivity index (χ0v) is 20.6. The van der Waals surface area contributed by atoms with Crippen LogP contribution in [0.15, 0.2) is 36.5 Å². The van der Waals surface area contributed by atoms with Crippen LogP contribution in [0.25, 0.3) is 0 Å². The van der Waals surface area contributed by atoms with Crippen molar-refractivity contribution in [2.45, 2.75) is 47.1 Å². The summed E-state index contributed by atoms with van der Waals surface area (Å²) in [5, 5.41) is 9.22. The zero-order valence-electron chi connectivity index (χ0n) is 20.6. The highest BCUT2D eigenvalue weighted by Crippen LogP contribution is 2.26. The molecule has 1 aromatic carbocycles. The molecule has 178 valence electrons. The molecule has 0 N–H and O–H groups in total. The van der Waals surface area contributed by atoms with Gasteiger partial charge in [0, 0.05) is 38.3 Å². The molecule has 0 radical (unpaired) electrons. The SMILES string of the molecule is CCOC(=O)c1cnc(N2CCN(c3nnc(Cc4ccccc4)c(C)c3C)C[C@H]2C)nc1C. The second-order valence-electron chi connectivity index (χ2n) is 8.76. The fourth-order valence-electron chi connectivity index (χ4n) is 4.35. The van der Waals surface area contributed by atoms with E-state index in [4.69, 9.17) is 4.74 Å². The van der Waals surface area contributed by atoms with Crippen molar-refractivity contribution in [2.24, 2.45) is 0 Å². The van der Waals surface area contributed by atoms with E-state index in [-0.39, 0.29) is 12.0 Å². The van der Waals surface area contributed by atoms with Gasteiger partial charge in [0.1, 0.15) is 0 Å². The molecule has 34 heavy (non-hydrogen) atoms. The number of aryl methyl sites for hydroxylation is 1. The first-order chi connectivity index (χ1) is 16.4. The number of rotatable bonds is 6. The molecule has 0 bridgehead atoms. The van der Waals surface area contributed by atoms with Crippen molar-refractivity contribution in [3.05, 3.63) is 70.2 Å². The number of nitrogens with zero attached hydrogens (tertiary/aromatic N) is 6. The Morgan fingerprint density at radius 1 is 1.09 bits per heavy atom. The Labute approximate surface area is 201 Å². The van der Waals surface area contributed by atoms with Crippen molar-refractivity contribution in [3.8, 4) is 0 Å². The van der Waals surface area contributed by atoms with Crippen LogP contribution in [-0.4, -0.2) is 58.4 Å². The number of hydrogen-bond donors (Lipinski definition) is 0. The van der Waals surface area contributed by atoms with Crippen LogP contribution in [0.3, 0.4) is 0 Å². The van der Waals surface area contributed by atoms with Gasteiger partial charge in [0.2, 0.25) is 5.95 Å². The van der Waals surface area contributed by atoms with Crippen molar-refractivity contribution in [2.75, 3.05) is 36.0 Å². The van der Waals surface area contributed by atoms with Crippen LogP contribution in [0.1, 0.15) is 52.3 Å². The van der Waals surface area contributed by atoms with E-state index >= 15 is 0 Å². The summed E-state index contributed by atoms with van der Waals surface area (Å²) in [5.41, 5.74) is 5.66. The zero-order chi connectivity index (χ0) is 24.2. The number of aromatic nitrogens is 4. The number of carbonyl (C=O) groups is 1. The molecule has 3 aromatic rings. The Bertz CT molecular complexity index is 1170. The highest BCUT2D eigenvalue weighted by atomic mass is 16.5. The van der Waals surface area contributed by atoms with Crippen molar-refractivity contribution in [1.82, 2.24) is 20.2 Å². The molecule has 0 saturated carbocycles. The van der Waals surface area contributed by atoms with E-state index in [0.29, 0.717) is 23.8 Å². The summed E-state index contributed by atoms with van der Waals surface area (Å²) in [6.07, 6.45) is 2.35. The molecule has 1 atom stereocenters. The van der Waals surface area contributed by atoms with E-state index in [0.717, 1.165) is 37.6 Å². The molecule has 1 aliphatic heterocycles. The number of benzene rings is 1. The highest BCUT2D eigenvalue weighted by Gasteiger charge is 2.28. The van der Waals surface area contributed by atoms with Crippen LogP contribution < -0.4 is 9.80 Å². The lowest BCUT2D eigenvalue weighted by molar-refractivity contribution is 0.0524. The van der Waals surface area contributed by atoms with E-state index in [9.17, 15) is 4.79 Å². The summed E-state index contributed by atoms with van der Waals surface area (Å²) in [4.78, 5) is 25.6. The number of esters is 1. The largest absolute Gasteiger partial charge is 0.462 e. The summed E-state index contributed by atoms with van der Waals surface area (Å²) in [7, 11) is 0. The van der Waals surface area contributed by atoms with E-state index < -0.39 is 0 Å². The monoisotopic (exact) mass is 460 g/mol. The second kappa shape index (κ2) is 10.2. The van der Waals surface area contributed by atoms with Gasteiger partial charge in [-0.15, -0.1) is 5.10 Å². The first-order valence-corrected chi connectivity index (χ1v) is 11.8. The second-order valence-corrected chi connectivity index (χ2v) is 8.76. The summed E-state index contributed by atoms with van der Waals surface area (Å²) >= 11 is 0. The Morgan fingerprint density at radius 3 is 2.53 bits per heavy atom. The minimum Gasteiger partial charge on any atom is -0.462 e. The molecule has 0 aliphatic carbocycles. The van der Waals surface area contributed by atoms with Gasteiger partial charge in [-0.1, -0.05) is 30.3 Å². The van der Waals surface area contributed by atoms with E-state index in [2.05, 4.69) is 75.0 Å². The number of ether oxygens (including phenoxy) is 1. The van der Waals surface area contributed by atoms with Crippen LogP contribution in [0.5, 0.6) is 0 Å². The lowest BCUT2D eigenvalue weighted by Gasteiger charge is -2.40. The number of carbonyl (C=O) groups excluding carboxylic acids is 1. The third kappa shape index (κ3) is 4.85. The summed E-state index contributed by atoms with van der Waals surface area (Å²) in [6, 6.07) is 10.5. The minimum atomic E-state index is -0.385. The quantitative estimate of drug-likeness (QED) is 0.515. The van der Waals surface area contributed by atoms with Gasteiger partial charge in [0.25, 0.3) is 0 Å². The Balaban J connectivity index is 1.48. The molecule has 2 aromatic heterocycles. The Kier molecular flexibility index (Phi) is 7.05. The van der Waals surface area contributed by atoms with Gasteiger partial charge in [-0.3, -0.25) is 0 Å². The van der Waals surface area contributed by atoms with E-state index in [1.165, 1.54) is 16.7 Å². The molecule has 4 rings (SSSR count). The van der Waals surface area contributed by atoms with Crippen LogP contribution in [0.2, 0.25) is 0 Å². The standard InChI is InChI=1S/C26H32N6O2/c1-6-34-25(33)22-15-27-26(28-20(22)5)32-13-12-31(16-17(32)2)24-19(4)18(3)23(29-30-24)14-21-10-8-7-9-11-21/h7-11,15,17H,6,12-14,16H2,1-5H3/t17-/m1/s1. The van der Waals surface area contributed by atoms with Crippen molar-refractivity contribution in [3.63, 3.8) is 0 Å².